The Bertz CT molecular complexity index is 479. The van der Waals surface area contributed by atoms with E-state index in [9.17, 15) is 4.79 Å². The maximum absolute atomic E-state index is 10.7. The zero-order chi connectivity index (χ0) is 12.1. The third-order valence-corrected chi connectivity index (χ3v) is 3.35. The summed E-state index contributed by atoms with van der Waals surface area (Å²) in [6.07, 6.45) is 5.43. The first-order chi connectivity index (χ1) is 8.25. The molecule has 2 rings (SSSR count). The van der Waals surface area contributed by atoms with Crippen LogP contribution >= 0.6 is 11.3 Å². The van der Waals surface area contributed by atoms with Crippen molar-refractivity contribution in [1.29, 1.82) is 0 Å². The van der Waals surface area contributed by atoms with Gasteiger partial charge in [-0.1, -0.05) is 0 Å². The van der Waals surface area contributed by atoms with Crippen LogP contribution < -0.4 is 5.32 Å². The quantitative estimate of drug-likeness (QED) is 0.762. The van der Waals surface area contributed by atoms with Crippen molar-refractivity contribution in [2.75, 3.05) is 6.54 Å². The minimum atomic E-state index is -0.861. The third-order valence-electron chi connectivity index (χ3n) is 2.28. The normalized spacial score (nSPS) is 10.6. The molecule has 0 aliphatic carbocycles. The minimum Gasteiger partial charge on any atom is -0.477 e. The van der Waals surface area contributed by atoms with Gasteiger partial charge in [0.2, 0.25) is 0 Å². The molecule has 0 bridgehead atoms. The van der Waals surface area contributed by atoms with Crippen LogP contribution in [0.25, 0.3) is 0 Å². The zero-order valence-corrected chi connectivity index (χ0v) is 9.98. The topological polar surface area (TPSA) is 67.2 Å². The zero-order valence-electron chi connectivity index (χ0n) is 9.17. The van der Waals surface area contributed by atoms with Crippen LogP contribution in [0, 0.1) is 0 Å². The van der Waals surface area contributed by atoms with Crippen LogP contribution in [0.1, 0.15) is 14.5 Å². The standard InChI is InChI=1S/C11H13N3O2S/c15-11(16)10-2-1-9(17-10)7-12-3-5-14-6-4-13-8-14/h1-2,4,6,8,12H,3,5,7H2,(H,15,16). The van der Waals surface area contributed by atoms with Crippen molar-refractivity contribution in [3.05, 3.63) is 40.6 Å². The fourth-order valence-corrected chi connectivity index (χ4v) is 2.24. The van der Waals surface area contributed by atoms with Gasteiger partial charge in [-0.2, -0.15) is 0 Å². The maximum Gasteiger partial charge on any atom is 0.345 e. The van der Waals surface area contributed by atoms with Crippen LogP contribution in [0.15, 0.2) is 30.9 Å². The van der Waals surface area contributed by atoms with Crippen molar-refractivity contribution in [2.24, 2.45) is 0 Å². The molecule has 0 aromatic carbocycles. The van der Waals surface area contributed by atoms with Crippen LogP contribution in [-0.4, -0.2) is 27.2 Å². The van der Waals surface area contributed by atoms with Crippen molar-refractivity contribution in [2.45, 2.75) is 13.1 Å². The van der Waals surface area contributed by atoms with Crippen molar-refractivity contribution in [3.63, 3.8) is 0 Å². The van der Waals surface area contributed by atoms with E-state index in [1.807, 2.05) is 16.8 Å². The van der Waals surface area contributed by atoms with Gasteiger partial charge in [-0.15, -0.1) is 11.3 Å². The average molecular weight is 251 g/mol. The first-order valence-electron chi connectivity index (χ1n) is 5.24. The molecule has 0 unspecified atom stereocenters. The molecule has 2 heterocycles. The van der Waals surface area contributed by atoms with E-state index >= 15 is 0 Å². The van der Waals surface area contributed by atoms with Gasteiger partial charge in [0.15, 0.2) is 0 Å². The predicted octanol–water partition coefficient (Wildman–Crippen LogP) is 1.43. The van der Waals surface area contributed by atoms with Gasteiger partial charge in [-0.05, 0) is 12.1 Å². The molecule has 0 aliphatic rings. The average Bonchev–Trinajstić information content (AvgIpc) is 2.96. The van der Waals surface area contributed by atoms with Crippen LogP contribution in [0.4, 0.5) is 0 Å². The van der Waals surface area contributed by atoms with Crippen molar-refractivity contribution < 1.29 is 9.90 Å². The summed E-state index contributed by atoms with van der Waals surface area (Å²) in [5.74, 6) is -0.861. The molecule has 2 aromatic rings. The Labute approximate surface area is 103 Å². The Morgan fingerprint density at radius 3 is 3.06 bits per heavy atom. The third kappa shape index (κ3) is 3.40. The van der Waals surface area contributed by atoms with E-state index in [1.165, 1.54) is 11.3 Å². The number of nitrogens with zero attached hydrogens (tertiary/aromatic N) is 2. The molecular weight excluding hydrogens is 238 g/mol. The molecule has 90 valence electrons. The van der Waals surface area contributed by atoms with Crippen molar-refractivity contribution in [1.82, 2.24) is 14.9 Å². The summed E-state index contributed by atoms with van der Waals surface area (Å²) in [6.45, 7) is 2.39. The molecule has 2 aromatic heterocycles. The Hall–Kier alpha value is -1.66. The molecular formula is C11H13N3O2S. The van der Waals surface area contributed by atoms with Gasteiger partial charge in [-0.25, -0.2) is 9.78 Å². The van der Waals surface area contributed by atoms with E-state index in [0.29, 0.717) is 11.4 Å². The van der Waals surface area contributed by atoms with Gasteiger partial charge in [0.25, 0.3) is 0 Å². The number of thiophene rings is 1. The Morgan fingerprint density at radius 1 is 1.53 bits per heavy atom. The highest BCUT2D eigenvalue weighted by Crippen LogP contribution is 2.15. The minimum absolute atomic E-state index is 0.386. The first-order valence-corrected chi connectivity index (χ1v) is 6.06. The van der Waals surface area contributed by atoms with Crippen molar-refractivity contribution in [3.8, 4) is 0 Å². The summed E-state index contributed by atoms with van der Waals surface area (Å²) < 4.78 is 1.99. The largest absolute Gasteiger partial charge is 0.477 e. The second kappa shape index (κ2) is 5.60. The number of aromatic nitrogens is 2. The number of carbonyl (C=O) groups is 1. The molecule has 0 saturated heterocycles. The van der Waals surface area contributed by atoms with Gasteiger partial charge in [0, 0.05) is 36.9 Å². The van der Waals surface area contributed by atoms with E-state index in [1.54, 1.807) is 18.6 Å². The number of nitrogens with one attached hydrogen (secondary N) is 1. The van der Waals surface area contributed by atoms with Gasteiger partial charge in [0.1, 0.15) is 4.88 Å². The highest BCUT2D eigenvalue weighted by atomic mass is 32.1. The molecule has 0 fully saturated rings. The molecule has 6 heteroatoms. The van der Waals surface area contributed by atoms with Crippen LogP contribution in [0.3, 0.4) is 0 Å². The van der Waals surface area contributed by atoms with E-state index in [2.05, 4.69) is 10.3 Å². The predicted molar refractivity (Wildman–Crippen MR) is 65.2 cm³/mol. The number of hydrogen-bond acceptors (Lipinski definition) is 4. The highest BCUT2D eigenvalue weighted by Gasteiger charge is 2.05. The highest BCUT2D eigenvalue weighted by molar-refractivity contribution is 7.13. The molecule has 0 aliphatic heterocycles. The van der Waals surface area contributed by atoms with E-state index in [4.69, 9.17) is 5.11 Å². The lowest BCUT2D eigenvalue weighted by Crippen LogP contribution is -2.18. The number of hydrogen-bond donors (Lipinski definition) is 2. The molecule has 0 spiro atoms. The summed E-state index contributed by atoms with van der Waals surface area (Å²) >= 11 is 1.31. The Kier molecular flexibility index (Phi) is 3.89. The molecule has 2 N–H and O–H groups in total. The van der Waals surface area contributed by atoms with Gasteiger partial charge in [-0.3, -0.25) is 0 Å². The lowest BCUT2D eigenvalue weighted by atomic mass is 10.4. The second-order valence-corrected chi connectivity index (χ2v) is 4.72. The lowest BCUT2D eigenvalue weighted by molar-refractivity contribution is 0.0702. The van der Waals surface area contributed by atoms with Crippen LogP contribution in [0.5, 0.6) is 0 Å². The van der Waals surface area contributed by atoms with Crippen LogP contribution in [0.2, 0.25) is 0 Å². The number of rotatable bonds is 6. The summed E-state index contributed by atoms with van der Waals surface area (Å²) in [6, 6.07) is 3.48. The number of imidazole rings is 1. The summed E-state index contributed by atoms with van der Waals surface area (Å²) in [7, 11) is 0. The first kappa shape index (κ1) is 11.8. The fraction of sp³-hybridized carbons (Fsp3) is 0.273. The smallest absolute Gasteiger partial charge is 0.345 e. The molecule has 0 radical (unpaired) electrons. The Morgan fingerprint density at radius 2 is 2.41 bits per heavy atom. The summed E-state index contributed by atoms with van der Waals surface area (Å²) in [5, 5.41) is 12.0. The molecule has 0 atom stereocenters. The van der Waals surface area contributed by atoms with E-state index in [-0.39, 0.29) is 0 Å². The molecule has 17 heavy (non-hydrogen) atoms. The number of aromatic carboxylic acids is 1. The number of carboxylic acids is 1. The summed E-state index contributed by atoms with van der Waals surface area (Å²) in [5.41, 5.74) is 0. The molecule has 0 saturated carbocycles. The number of carboxylic acid groups (broad SMARTS) is 1. The Balaban J connectivity index is 1.72. The van der Waals surface area contributed by atoms with Gasteiger partial charge < -0.3 is 15.0 Å². The maximum atomic E-state index is 10.7. The lowest BCUT2D eigenvalue weighted by Gasteiger charge is -2.03. The molecule has 5 nitrogen and oxygen atoms in total. The van der Waals surface area contributed by atoms with E-state index < -0.39 is 5.97 Å². The monoisotopic (exact) mass is 251 g/mol. The van der Waals surface area contributed by atoms with Crippen molar-refractivity contribution >= 4 is 17.3 Å². The SMILES string of the molecule is O=C(O)c1ccc(CNCCn2ccnc2)s1. The second-order valence-electron chi connectivity index (χ2n) is 3.55. The van der Waals surface area contributed by atoms with Gasteiger partial charge in [0.05, 0.1) is 6.33 Å². The van der Waals surface area contributed by atoms with E-state index in [0.717, 1.165) is 18.0 Å². The van der Waals surface area contributed by atoms with Gasteiger partial charge >= 0.3 is 5.97 Å². The summed E-state index contributed by atoms with van der Waals surface area (Å²) in [4.78, 5) is 16.1. The van der Waals surface area contributed by atoms with Crippen LogP contribution in [-0.2, 0) is 13.1 Å². The fourth-order valence-electron chi connectivity index (χ4n) is 1.43. The molecule has 0 amide bonds.